The Bertz CT molecular complexity index is 769. The Balaban J connectivity index is 1.60. The van der Waals surface area contributed by atoms with Crippen molar-refractivity contribution >= 4 is 17.6 Å². The number of aliphatic hydroxyl groups excluding tert-OH is 1. The number of para-hydroxylation sites is 1. The molecule has 2 unspecified atom stereocenters. The highest BCUT2D eigenvalue weighted by molar-refractivity contribution is 5.88. The van der Waals surface area contributed by atoms with Gasteiger partial charge in [-0.05, 0) is 37.1 Å². The minimum Gasteiger partial charge on any atom is -0.508 e. The number of phenolic OH excluding ortho intramolecular Hbond substituents is 1. The maximum Gasteiger partial charge on any atom is 0.115 e. The van der Waals surface area contributed by atoms with Crippen molar-refractivity contribution in [2.45, 2.75) is 25.5 Å². The van der Waals surface area contributed by atoms with E-state index in [9.17, 15) is 10.2 Å². The molecule has 2 aromatic rings. The van der Waals surface area contributed by atoms with E-state index >= 15 is 0 Å². The quantitative estimate of drug-likeness (QED) is 0.654. The van der Waals surface area contributed by atoms with Gasteiger partial charge in [-0.1, -0.05) is 30.3 Å². The fourth-order valence-electron chi connectivity index (χ4n) is 2.90. The third kappa shape index (κ3) is 4.47. The first-order valence-electron chi connectivity index (χ1n) is 8.40. The van der Waals surface area contributed by atoms with Crippen molar-refractivity contribution < 1.29 is 10.2 Å². The first kappa shape index (κ1) is 17.2. The standard InChI is InChI=1S/C20H23N3O2/c1-14(10-15-6-8-16(24)9-7-15)22-12-20(25)18-11-21-13-23-19-5-3-2-4-17(18)19/h2-9,11,13-14,20,22,24-25H,10,12H2,1H3,(H,21,23). The van der Waals surface area contributed by atoms with Gasteiger partial charge in [0.05, 0.1) is 12.4 Å². The molecule has 1 aliphatic heterocycles. The van der Waals surface area contributed by atoms with E-state index in [0.717, 1.165) is 28.8 Å². The Hall–Kier alpha value is -2.63. The molecule has 0 amide bonds. The molecule has 130 valence electrons. The summed E-state index contributed by atoms with van der Waals surface area (Å²) in [6.45, 7) is 2.52. The second-order valence-electron chi connectivity index (χ2n) is 6.25. The van der Waals surface area contributed by atoms with Crippen molar-refractivity contribution in [2.24, 2.45) is 4.99 Å². The maximum atomic E-state index is 10.6. The van der Waals surface area contributed by atoms with Crippen LogP contribution < -0.4 is 10.6 Å². The van der Waals surface area contributed by atoms with Crippen molar-refractivity contribution in [1.82, 2.24) is 5.32 Å². The van der Waals surface area contributed by atoms with Crippen LogP contribution in [0.15, 0.2) is 59.7 Å². The maximum absolute atomic E-state index is 10.6. The molecule has 0 aromatic heterocycles. The van der Waals surface area contributed by atoms with Gasteiger partial charge in [0.25, 0.3) is 0 Å². The zero-order valence-corrected chi connectivity index (χ0v) is 14.2. The van der Waals surface area contributed by atoms with Crippen LogP contribution in [0.3, 0.4) is 0 Å². The van der Waals surface area contributed by atoms with Crippen LogP contribution in [0.4, 0.5) is 5.69 Å². The molecule has 0 radical (unpaired) electrons. The molecule has 1 aliphatic rings. The van der Waals surface area contributed by atoms with Crippen LogP contribution in [-0.4, -0.2) is 35.2 Å². The Morgan fingerprint density at radius 2 is 1.88 bits per heavy atom. The van der Waals surface area contributed by atoms with Crippen molar-refractivity contribution in [1.29, 1.82) is 0 Å². The first-order chi connectivity index (χ1) is 12.1. The number of phenols is 1. The molecule has 5 nitrogen and oxygen atoms in total. The van der Waals surface area contributed by atoms with Gasteiger partial charge in [0.15, 0.2) is 0 Å². The Morgan fingerprint density at radius 1 is 1.12 bits per heavy atom. The van der Waals surface area contributed by atoms with Gasteiger partial charge in [-0.2, -0.15) is 0 Å². The van der Waals surface area contributed by atoms with E-state index in [0.29, 0.717) is 6.54 Å². The summed E-state index contributed by atoms with van der Waals surface area (Å²) in [6, 6.07) is 15.2. The zero-order valence-electron chi connectivity index (χ0n) is 14.2. The number of aliphatic imine (C=N–C) groups is 1. The summed E-state index contributed by atoms with van der Waals surface area (Å²) >= 11 is 0. The average Bonchev–Trinajstić information content (AvgIpc) is 2.84. The number of hydrogen-bond acceptors (Lipinski definition) is 5. The number of benzene rings is 2. The summed E-state index contributed by atoms with van der Waals surface area (Å²) in [5.74, 6) is 0.271. The van der Waals surface area contributed by atoms with E-state index in [4.69, 9.17) is 0 Å². The average molecular weight is 337 g/mol. The molecule has 0 aliphatic carbocycles. The zero-order chi connectivity index (χ0) is 17.6. The molecule has 0 fully saturated rings. The lowest BCUT2D eigenvalue weighted by atomic mass is 9.99. The van der Waals surface area contributed by atoms with Gasteiger partial charge in [0.2, 0.25) is 0 Å². The van der Waals surface area contributed by atoms with Gasteiger partial charge in [-0.25, -0.2) is 4.99 Å². The molecule has 0 saturated carbocycles. The van der Waals surface area contributed by atoms with E-state index in [1.54, 1.807) is 24.7 Å². The molecule has 3 rings (SSSR count). The van der Waals surface area contributed by atoms with Crippen LogP contribution in [0.5, 0.6) is 5.75 Å². The summed E-state index contributed by atoms with van der Waals surface area (Å²) in [5, 5.41) is 26.5. The normalized spacial score (nSPS) is 15.5. The summed E-state index contributed by atoms with van der Waals surface area (Å²) in [7, 11) is 0. The van der Waals surface area contributed by atoms with Gasteiger partial charge in [0, 0.05) is 35.6 Å². The Morgan fingerprint density at radius 3 is 2.68 bits per heavy atom. The van der Waals surface area contributed by atoms with Crippen LogP contribution in [-0.2, 0) is 6.42 Å². The molecular weight excluding hydrogens is 314 g/mol. The van der Waals surface area contributed by atoms with Gasteiger partial charge in [0.1, 0.15) is 5.75 Å². The molecule has 2 atom stereocenters. The minimum absolute atomic E-state index is 0.197. The Labute approximate surface area is 147 Å². The van der Waals surface area contributed by atoms with Crippen molar-refractivity contribution in [3.05, 3.63) is 65.9 Å². The van der Waals surface area contributed by atoms with Crippen LogP contribution in [0.1, 0.15) is 18.1 Å². The van der Waals surface area contributed by atoms with Gasteiger partial charge >= 0.3 is 0 Å². The van der Waals surface area contributed by atoms with Crippen molar-refractivity contribution in [3.63, 3.8) is 0 Å². The predicted octanol–water partition coefficient (Wildman–Crippen LogP) is 2.77. The second-order valence-corrected chi connectivity index (χ2v) is 6.25. The summed E-state index contributed by atoms with van der Waals surface area (Å²) in [5.41, 5.74) is 3.83. The molecule has 25 heavy (non-hydrogen) atoms. The fourth-order valence-corrected chi connectivity index (χ4v) is 2.90. The molecule has 5 heteroatoms. The summed E-state index contributed by atoms with van der Waals surface area (Å²) in [6.07, 6.45) is 3.50. The summed E-state index contributed by atoms with van der Waals surface area (Å²) < 4.78 is 0. The lowest BCUT2D eigenvalue weighted by Crippen LogP contribution is -2.35. The predicted molar refractivity (Wildman–Crippen MR) is 102 cm³/mol. The number of nitrogens with one attached hydrogen (secondary N) is 2. The highest BCUT2D eigenvalue weighted by atomic mass is 16.3. The second kappa shape index (κ2) is 7.96. The number of aliphatic hydroxyl groups is 1. The van der Waals surface area contributed by atoms with Gasteiger partial charge < -0.3 is 20.8 Å². The van der Waals surface area contributed by atoms with Crippen LogP contribution in [0, 0.1) is 0 Å². The molecule has 2 aromatic carbocycles. The molecule has 0 saturated heterocycles. The molecule has 0 spiro atoms. The monoisotopic (exact) mass is 337 g/mol. The fraction of sp³-hybridized carbons (Fsp3) is 0.250. The lowest BCUT2D eigenvalue weighted by molar-refractivity contribution is 0.222. The number of hydrogen-bond donors (Lipinski definition) is 4. The number of rotatable bonds is 6. The molecular formula is C20H23N3O2. The van der Waals surface area contributed by atoms with Crippen molar-refractivity contribution in [3.8, 4) is 5.75 Å². The molecule has 4 N–H and O–H groups in total. The first-order valence-corrected chi connectivity index (χ1v) is 8.40. The largest absolute Gasteiger partial charge is 0.508 e. The van der Waals surface area contributed by atoms with E-state index < -0.39 is 6.10 Å². The highest BCUT2D eigenvalue weighted by Gasteiger charge is 2.18. The van der Waals surface area contributed by atoms with Crippen LogP contribution >= 0.6 is 0 Å². The number of aromatic hydroxyl groups is 1. The molecule has 1 heterocycles. The van der Waals surface area contributed by atoms with Crippen molar-refractivity contribution in [2.75, 3.05) is 11.9 Å². The van der Waals surface area contributed by atoms with Crippen LogP contribution in [0.2, 0.25) is 0 Å². The van der Waals surface area contributed by atoms with Crippen LogP contribution in [0.25, 0.3) is 5.57 Å². The highest BCUT2D eigenvalue weighted by Crippen LogP contribution is 2.27. The van der Waals surface area contributed by atoms with Gasteiger partial charge in [-0.3, -0.25) is 0 Å². The SMILES string of the molecule is CC(Cc1ccc(O)cc1)NCC(O)C1=CN=CNc2ccccc21. The summed E-state index contributed by atoms with van der Waals surface area (Å²) in [4.78, 5) is 4.18. The van der Waals surface area contributed by atoms with E-state index in [1.165, 1.54) is 0 Å². The number of fused-ring (bicyclic) bond motifs is 1. The third-order valence-corrected chi connectivity index (χ3v) is 4.24. The number of anilines is 1. The number of nitrogens with zero attached hydrogens (tertiary/aromatic N) is 1. The van der Waals surface area contributed by atoms with Gasteiger partial charge in [-0.15, -0.1) is 0 Å². The smallest absolute Gasteiger partial charge is 0.115 e. The molecule has 0 bridgehead atoms. The van der Waals surface area contributed by atoms with E-state index in [1.807, 2.05) is 36.4 Å². The Kier molecular flexibility index (Phi) is 5.48. The lowest BCUT2D eigenvalue weighted by Gasteiger charge is -2.20. The van der Waals surface area contributed by atoms with E-state index in [-0.39, 0.29) is 11.8 Å². The minimum atomic E-state index is -0.652. The third-order valence-electron chi connectivity index (χ3n) is 4.24. The van der Waals surface area contributed by atoms with E-state index in [2.05, 4.69) is 22.5 Å². The topological polar surface area (TPSA) is 76.9 Å².